The molecule has 0 radical (unpaired) electrons. The number of hydrogen-bond acceptors (Lipinski definition) is 5. The minimum Gasteiger partial charge on any atom is -0.497 e. The first kappa shape index (κ1) is 17.7. The Kier molecular flexibility index (Phi) is 6.44. The Balaban J connectivity index is 2.84. The third-order valence-corrected chi connectivity index (χ3v) is 4.64. The zero-order valence-electron chi connectivity index (χ0n) is 12.1. The second-order valence-corrected chi connectivity index (χ2v) is 6.83. The average Bonchev–Trinajstić information content (AvgIpc) is 2.37. The van der Waals surface area contributed by atoms with Crippen LogP contribution < -0.4 is 4.74 Å². The number of ether oxygens (including phenoxy) is 2. The van der Waals surface area contributed by atoms with Crippen LogP contribution in [0.5, 0.6) is 5.75 Å². The van der Waals surface area contributed by atoms with Crippen molar-refractivity contribution in [2.75, 3.05) is 27.3 Å². The van der Waals surface area contributed by atoms with E-state index < -0.39 is 16.0 Å². The van der Waals surface area contributed by atoms with Crippen LogP contribution in [0.15, 0.2) is 18.2 Å². The minimum absolute atomic E-state index is 0.207. The van der Waals surface area contributed by atoms with E-state index in [0.29, 0.717) is 16.3 Å². The lowest BCUT2D eigenvalue weighted by Crippen LogP contribution is -2.34. The van der Waals surface area contributed by atoms with Crippen LogP contribution in [-0.4, -0.2) is 46.0 Å². The molecule has 0 saturated heterocycles. The molecule has 0 heterocycles. The molecule has 6 nitrogen and oxygen atoms in total. The summed E-state index contributed by atoms with van der Waals surface area (Å²) >= 11 is 5.90. The van der Waals surface area contributed by atoms with Crippen LogP contribution in [0, 0.1) is 0 Å². The highest BCUT2D eigenvalue weighted by Crippen LogP contribution is 2.22. The van der Waals surface area contributed by atoms with E-state index in [-0.39, 0.29) is 18.9 Å². The SMILES string of the molecule is CCOC(=O)CN(C)S(=O)(=O)Cc1cc(Cl)cc(OC)c1. The second-order valence-electron chi connectivity index (χ2n) is 4.32. The number of hydrogen-bond donors (Lipinski definition) is 0. The molecule has 1 rings (SSSR count). The highest BCUT2D eigenvalue weighted by atomic mass is 35.5. The van der Waals surface area contributed by atoms with Gasteiger partial charge < -0.3 is 9.47 Å². The average molecular weight is 336 g/mol. The maximum Gasteiger partial charge on any atom is 0.321 e. The van der Waals surface area contributed by atoms with Gasteiger partial charge in [-0.3, -0.25) is 4.79 Å². The first-order valence-electron chi connectivity index (χ1n) is 6.21. The Hall–Kier alpha value is -1.31. The van der Waals surface area contributed by atoms with Crippen LogP contribution in [0.4, 0.5) is 0 Å². The van der Waals surface area contributed by atoms with E-state index in [9.17, 15) is 13.2 Å². The maximum absolute atomic E-state index is 12.2. The Morgan fingerprint density at radius 3 is 2.57 bits per heavy atom. The van der Waals surface area contributed by atoms with Gasteiger partial charge in [0.15, 0.2) is 0 Å². The number of carbonyl (C=O) groups is 1. The van der Waals surface area contributed by atoms with Crippen LogP contribution in [-0.2, 0) is 25.3 Å². The fourth-order valence-electron chi connectivity index (χ4n) is 1.63. The molecule has 0 spiro atoms. The summed E-state index contributed by atoms with van der Waals surface area (Å²) in [5, 5.41) is 0.382. The monoisotopic (exact) mass is 335 g/mol. The highest BCUT2D eigenvalue weighted by molar-refractivity contribution is 7.88. The fraction of sp³-hybridized carbons (Fsp3) is 0.462. The van der Waals surface area contributed by atoms with Crippen molar-refractivity contribution in [2.24, 2.45) is 0 Å². The standard InChI is InChI=1S/C13H18ClNO5S/c1-4-20-13(16)8-15(2)21(17,18)9-10-5-11(14)7-12(6-10)19-3/h5-7H,4,8-9H2,1-3H3. The van der Waals surface area contributed by atoms with E-state index in [2.05, 4.69) is 0 Å². The smallest absolute Gasteiger partial charge is 0.321 e. The lowest BCUT2D eigenvalue weighted by Gasteiger charge is -2.16. The molecule has 1 aromatic carbocycles. The molecule has 21 heavy (non-hydrogen) atoms. The molecular weight excluding hydrogens is 318 g/mol. The van der Waals surface area contributed by atoms with Gasteiger partial charge in [-0.15, -0.1) is 0 Å². The van der Waals surface area contributed by atoms with Gasteiger partial charge in [-0.1, -0.05) is 11.6 Å². The molecule has 0 aromatic heterocycles. The van der Waals surface area contributed by atoms with Gasteiger partial charge in [-0.2, -0.15) is 4.31 Å². The molecule has 8 heteroatoms. The summed E-state index contributed by atoms with van der Waals surface area (Å²) in [6.45, 7) is 1.54. The number of rotatable bonds is 7. The Bertz CT molecular complexity index is 603. The first-order chi connectivity index (χ1) is 9.78. The largest absolute Gasteiger partial charge is 0.497 e. The number of methoxy groups -OCH3 is 1. The zero-order chi connectivity index (χ0) is 16.0. The molecule has 0 aliphatic rings. The third-order valence-electron chi connectivity index (χ3n) is 2.65. The van der Waals surface area contributed by atoms with Crippen molar-refractivity contribution >= 4 is 27.6 Å². The number of esters is 1. The number of likely N-dealkylation sites (N-methyl/N-ethyl adjacent to an activating group) is 1. The van der Waals surface area contributed by atoms with E-state index in [1.807, 2.05) is 0 Å². The lowest BCUT2D eigenvalue weighted by molar-refractivity contribution is -0.143. The number of carbonyl (C=O) groups excluding carboxylic acids is 1. The van der Waals surface area contributed by atoms with Gasteiger partial charge in [-0.25, -0.2) is 8.42 Å². The second kappa shape index (κ2) is 7.63. The van der Waals surface area contributed by atoms with Crippen molar-refractivity contribution in [1.82, 2.24) is 4.31 Å². The van der Waals surface area contributed by atoms with Gasteiger partial charge in [0, 0.05) is 12.1 Å². The van der Waals surface area contributed by atoms with Crippen molar-refractivity contribution < 1.29 is 22.7 Å². The summed E-state index contributed by atoms with van der Waals surface area (Å²) in [5.41, 5.74) is 0.482. The molecule has 0 fully saturated rings. The fourth-order valence-corrected chi connectivity index (χ4v) is 2.99. The summed E-state index contributed by atoms with van der Waals surface area (Å²) in [5.74, 6) is -0.396. The van der Waals surface area contributed by atoms with Crippen LogP contribution >= 0.6 is 11.6 Å². The van der Waals surface area contributed by atoms with Crippen molar-refractivity contribution in [1.29, 1.82) is 0 Å². The summed E-state index contributed by atoms with van der Waals surface area (Å²) in [4.78, 5) is 11.3. The van der Waals surface area contributed by atoms with Crippen LogP contribution in [0.3, 0.4) is 0 Å². The zero-order valence-corrected chi connectivity index (χ0v) is 13.7. The Labute approximate surface area is 129 Å². The summed E-state index contributed by atoms with van der Waals surface area (Å²) in [6, 6.07) is 4.71. The molecule has 0 saturated carbocycles. The molecule has 0 N–H and O–H groups in total. The minimum atomic E-state index is -3.65. The number of nitrogens with zero attached hydrogens (tertiary/aromatic N) is 1. The molecule has 0 amide bonds. The van der Waals surface area contributed by atoms with Crippen molar-refractivity contribution in [3.63, 3.8) is 0 Å². The molecule has 118 valence electrons. The number of benzene rings is 1. The van der Waals surface area contributed by atoms with Crippen LogP contribution in [0.25, 0.3) is 0 Å². The first-order valence-corrected chi connectivity index (χ1v) is 8.20. The van der Waals surface area contributed by atoms with Crippen molar-refractivity contribution in [3.05, 3.63) is 28.8 Å². The predicted octanol–water partition coefficient (Wildman–Crippen LogP) is 1.67. The maximum atomic E-state index is 12.2. The van der Waals surface area contributed by atoms with Gasteiger partial charge in [-0.05, 0) is 30.7 Å². The van der Waals surface area contributed by atoms with Gasteiger partial charge >= 0.3 is 5.97 Å². The van der Waals surface area contributed by atoms with Gasteiger partial charge in [0.1, 0.15) is 12.3 Å². The van der Waals surface area contributed by atoms with E-state index >= 15 is 0 Å². The number of halogens is 1. The van der Waals surface area contributed by atoms with Crippen LogP contribution in [0.2, 0.25) is 5.02 Å². The molecule has 0 aliphatic heterocycles. The normalized spacial score (nSPS) is 11.5. The van der Waals surface area contributed by atoms with Crippen molar-refractivity contribution in [3.8, 4) is 5.75 Å². The van der Waals surface area contributed by atoms with E-state index in [1.165, 1.54) is 14.2 Å². The Morgan fingerprint density at radius 2 is 2.00 bits per heavy atom. The van der Waals surface area contributed by atoms with Gasteiger partial charge in [0.05, 0.1) is 19.5 Å². The molecule has 0 atom stereocenters. The van der Waals surface area contributed by atoms with E-state index in [1.54, 1.807) is 25.1 Å². The molecule has 0 bridgehead atoms. The predicted molar refractivity (Wildman–Crippen MR) is 79.9 cm³/mol. The van der Waals surface area contributed by atoms with Crippen molar-refractivity contribution in [2.45, 2.75) is 12.7 Å². The summed E-state index contributed by atoms with van der Waals surface area (Å²) < 4.78 is 35.1. The molecular formula is C13H18ClNO5S. The van der Waals surface area contributed by atoms with Gasteiger partial charge in [0.2, 0.25) is 10.0 Å². The lowest BCUT2D eigenvalue weighted by atomic mass is 10.2. The molecule has 1 aromatic rings. The third kappa shape index (κ3) is 5.53. The topological polar surface area (TPSA) is 72.9 Å². The van der Waals surface area contributed by atoms with Crippen LogP contribution in [0.1, 0.15) is 12.5 Å². The Morgan fingerprint density at radius 1 is 1.33 bits per heavy atom. The summed E-state index contributed by atoms with van der Waals surface area (Å²) in [6.07, 6.45) is 0. The molecule has 0 aliphatic carbocycles. The summed E-state index contributed by atoms with van der Waals surface area (Å²) in [7, 11) is -0.854. The van der Waals surface area contributed by atoms with Gasteiger partial charge in [0.25, 0.3) is 0 Å². The highest BCUT2D eigenvalue weighted by Gasteiger charge is 2.22. The molecule has 0 unspecified atom stereocenters. The quantitative estimate of drug-likeness (QED) is 0.709. The van der Waals surface area contributed by atoms with E-state index in [4.69, 9.17) is 21.1 Å². The van der Waals surface area contributed by atoms with E-state index in [0.717, 1.165) is 4.31 Å². The number of sulfonamides is 1.